The van der Waals surface area contributed by atoms with Crippen molar-refractivity contribution >= 4 is 17.7 Å². The van der Waals surface area contributed by atoms with Gasteiger partial charge in [0.15, 0.2) is 6.10 Å². The summed E-state index contributed by atoms with van der Waals surface area (Å²) < 4.78 is 15.2. The molecule has 0 saturated heterocycles. The summed E-state index contributed by atoms with van der Waals surface area (Å²) in [6.07, 6.45) is 1.68. The fourth-order valence-electron chi connectivity index (χ4n) is 1.73. The van der Waals surface area contributed by atoms with E-state index in [2.05, 4.69) is 0 Å². The molecule has 0 aromatic carbocycles. The normalized spacial score (nSPS) is 26.2. The molecule has 100 valence electrons. The lowest BCUT2D eigenvalue weighted by Gasteiger charge is -2.31. The molecule has 1 aliphatic rings. The van der Waals surface area contributed by atoms with Crippen LogP contribution in [0, 0.1) is 0 Å². The molecule has 1 rings (SSSR count). The van der Waals surface area contributed by atoms with Crippen LogP contribution in [-0.2, 0) is 28.6 Å². The van der Waals surface area contributed by atoms with Crippen LogP contribution in [0.4, 0.5) is 0 Å². The summed E-state index contributed by atoms with van der Waals surface area (Å²) in [7, 11) is 0. The third-order valence-electron chi connectivity index (χ3n) is 2.44. The quantitative estimate of drug-likeness (QED) is 0.662. The number of hydrogen-bond donors (Lipinski definition) is 0. The van der Waals surface area contributed by atoms with Gasteiger partial charge in [0, 0.05) is 20.5 Å². The lowest BCUT2D eigenvalue weighted by Crippen LogP contribution is -2.53. The Kier molecular flexibility index (Phi) is 4.61. The van der Waals surface area contributed by atoms with Gasteiger partial charge in [-0.3, -0.25) is 14.4 Å². The fourth-order valence-corrected chi connectivity index (χ4v) is 1.73. The summed E-state index contributed by atoms with van der Waals surface area (Å²) in [4.78, 5) is 34.0. The molecule has 0 amide bonds. The number of rotatable bonds is 5. The molecular formula is C12H16O6. The minimum Gasteiger partial charge on any atom is -0.453 e. The number of carbonyl (C=O) groups is 3. The molecule has 0 N–H and O–H groups in total. The first kappa shape index (κ1) is 14.4. The van der Waals surface area contributed by atoms with Crippen LogP contribution in [-0.4, -0.2) is 42.6 Å². The average molecular weight is 256 g/mol. The lowest BCUT2D eigenvalue weighted by molar-refractivity contribution is -0.187. The number of ether oxygens (including phenoxy) is 3. The summed E-state index contributed by atoms with van der Waals surface area (Å²) in [6.45, 7) is 4.35. The van der Waals surface area contributed by atoms with Crippen LogP contribution in [0.25, 0.3) is 0 Å². The molecule has 0 aromatic rings. The van der Waals surface area contributed by atoms with Gasteiger partial charge in [0.2, 0.25) is 11.4 Å². The Hall–Kier alpha value is -1.69. The summed E-state index contributed by atoms with van der Waals surface area (Å²) in [5, 5.41) is 0. The van der Waals surface area contributed by atoms with Crippen LogP contribution >= 0.6 is 0 Å². The van der Waals surface area contributed by atoms with Gasteiger partial charge in [0.1, 0.15) is 0 Å². The zero-order valence-electron chi connectivity index (χ0n) is 10.6. The number of ketones is 1. The molecule has 18 heavy (non-hydrogen) atoms. The largest absolute Gasteiger partial charge is 0.453 e. The minimum atomic E-state index is -1.59. The van der Waals surface area contributed by atoms with Gasteiger partial charge in [-0.05, 0) is 19.1 Å². The lowest BCUT2D eigenvalue weighted by atomic mass is 9.98. The molecule has 0 radical (unpaired) electrons. The van der Waals surface area contributed by atoms with E-state index in [4.69, 9.17) is 14.2 Å². The van der Waals surface area contributed by atoms with Gasteiger partial charge in [-0.15, -0.1) is 0 Å². The van der Waals surface area contributed by atoms with Gasteiger partial charge in [0.25, 0.3) is 0 Å². The molecule has 6 heteroatoms. The maximum absolute atomic E-state index is 11.9. The minimum absolute atomic E-state index is 0.146. The predicted octanol–water partition coefficient (Wildman–Crippen LogP) is 0.395. The maximum atomic E-state index is 11.9. The SMILES string of the molecule is CCOC[C@]1(OC(C)=O)C(=O)C=C[C@@H]1OC(C)=O. The molecule has 0 spiro atoms. The van der Waals surface area contributed by atoms with Crippen molar-refractivity contribution in [3.8, 4) is 0 Å². The standard InChI is InChI=1S/C12H16O6/c1-4-16-7-12(18-9(3)14)10(15)5-6-11(12)17-8(2)13/h5-6,11H,4,7H2,1-3H3/t11-,12-/m0/s1. The van der Waals surface area contributed by atoms with Crippen LogP contribution in [0.2, 0.25) is 0 Å². The van der Waals surface area contributed by atoms with E-state index >= 15 is 0 Å². The molecule has 0 fully saturated rings. The van der Waals surface area contributed by atoms with E-state index in [-0.39, 0.29) is 6.61 Å². The Morgan fingerprint density at radius 1 is 1.33 bits per heavy atom. The summed E-state index contributed by atoms with van der Waals surface area (Å²) in [5.74, 6) is -1.64. The van der Waals surface area contributed by atoms with Gasteiger partial charge >= 0.3 is 11.9 Å². The van der Waals surface area contributed by atoms with Gasteiger partial charge in [0.05, 0.1) is 6.61 Å². The van der Waals surface area contributed by atoms with Gasteiger partial charge in [-0.1, -0.05) is 0 Å². The van der Waals surface area contributed by atoms with Crippen LogP contribution < -0.4 is 0 Å². The van der Waals surface area contributed by atoms with E-state index in [0.717, 1.165) is 0 Å². The Morgan fingerprint density at radius 3 is 2.50 bits per heavy atom. The Morgan fingerprint density at radius 2 is 2.00 bits per heavy atom. The van der Waals surface area contributed by atoms with E-state index in [1.54, 1.807) is 6.92 Å². The van der Waals surface area contributed by atoms with E-state index in [9.17, 15) is 14.4 Å². The van der Waals surface area contributed by atoms with E-state index in [1.165, 1.54) is 26.0 Å². The Bertz CT molecular complexity index is 386. The van der Waals surface area contributed by atoms with Crippen molar-refractivity contribution < 1.29 is 28.6 Å². The molecule has 0 saturated carbocycles. The molecular weight excluding hydrogens is 240 g/mol. The Balaban J connectivity index is 2.98. The van der Waals surface area contributed by atoms with Crippen molar-refractivity contribution in [1.29, 1.82) is 0 Å². The predicted molar refractivity (Wildman–Crippen MR) is 60.7 cm³/mol. The maximum Gasteiger partial charge on any atom is 0.303 e. The van der Waals surface area contributed by atoms with Crippen molar-refractivity contribution in [2.75, 3.05) is 13.2 Å². The van der Waals surface area contributed by atoms with Crippen LogP contribution in [0.1, 0.15) is 20.8 Å². The first-order chi connectivity index (χ1) is 8.42. The van der Waals surface area contributed by atoms with Crippen molar-refractivity contribution in [1.82, 2.24) is 0 Å². The first-order valence-corrected chi connectivity index (χ1v) is 5.59. The third-order valence-corrected chi connectivity index (χ3v) is 2.44. The number of carbonyl (C=O) groups excluding carboxylic acids is 3. The first-order valence-electron chi connectivity index (χ1n) is 5.59. The molecule has 0 heterocycles. The number of hydrogen-bond acceptors (Lipinski definition) is 6. The van der Waals surface area contributed by atoms with E-state index < -0.39 is 29.4 Å². The molecule has 0 bridgehead atoms. The second kappa shape index (κ2) is 5.77. The summed E-state index contributed by atoms with van der Waals surface area (Å²) in [6, 6.07) is 0. The van der Waals surface area contributed by atoms with Crippen LogP contribution in [0.3, 0.4) is 0 Å². The molecule has 0 aromatic heterocycles. The van der Waals surface area contributed by atoms with E-state index in [1.807, 2.05) is 0 Å². The van der Waals surface area contributed by atoms with Crippen molar-refractivity contribution in [2.24, 2.45) is 0 Å². The molecule has 2 atom stereocenters. The van der Waals surface area contributed by atoms with Crippen LogP contribution in [0.5, 0.6) is 0 Å². The highest BCUT2D eigenvalue weighted by Crippen LogP contribution is 2.29. The highest BCUT2D eigenvalue weighted by Gasteiger charge is 2.52. The zero-order valence-corrected chi connectivity index (χ0v) is 10.6. The van der Waals surface area contributed by atoms with Gasteiger partial charge in [-0.25, -0.2) is 0 Å². The second-order valence-electron chi connectivity index (χ2n) is 3.87. The van der Waals surface area contributed by atoms with Gasteiger partial charge < -0.3 is 14.2 Å². The summed E-state index contributed by atoms with van der Waals surface area (Å²) >= 11 is 0. The Labute approximate surface area is 105 Å². The van der Waals surface area contributed by atoms with Crippen molar-refractivity contribution in [3.63, 3.8) is 0 Å². The fraction of sp³-hybridized carbons (Fsp3) is 0.583. The van der Waals surface area contributed by atoms with E-state index in [0.29, 0.717) is 6.61 Å². The second-order valence-corrected chi connectivity index (χ2v) is 3.87. The van der Waals surface area contributed by atoms with Crippen LogP contribution in [0.15, 0.2) is 12.2 Å². The average Bonchev–Trinajstić information content (AvgIpc) is 2.54. The molecule has 1 aliphatic carbocycles. The number of esters is 2. The van der Waals surface area contributed by atoms with Crippen molar-refractivity contribution in [2.45, 2.75) is 32.5 Å². The topological polar surface area (TPSA) is 78.9 Å². The van der Waals surface area contributed by atoms with Crippen molar-refractivity contribution in [3.05, 3.63) is 12.2 Å². The smallest absolute Gasteiger partial charge is 0.303 e. The monoisotopic (exact) mass is 256 g/mol. The highest BCUT2D eigenvalue weighted by atomic mass is 16.6. The molecule has 6 nitrogen and oxygen atoms in total. The zero-order chi connectivity index (χ0) is 13.8. The van der Waals surface area contributed by atoms with Gasteiger partial charge in [-0.2, -0.15) is 0 Å². The molecule has 0 unspecified atom stereocenters. The third kappa shape index (κ3) is 2.95. The molecule has 0 aliphatic heterocycles. The highest BCUT2D eigenvalue weighted by molar-refractivity contribution is 6.02. The summed E-state index contributed by atoms with van der Waals surface area (Å²) in [5.41, 5.74) is -1.59.